The third kappa shape index (κ3) is 3.29. The molecule has 3 N–H and O–H groups in total. The number of rotatable bonds is 4. The molecule has 0 radical (unpaired) electrons. The zero-order valence-corrected chi connectivity index (χ0v) is 14.8. The number of halogens is 1. The lowest BCUT2D eigenvalue weighted by atomic mass is 9.84. The van der Waals surface area contributed by atoms with Gasteiger partial charge in [-0.2, -0.15) is 0 Å². The highest BCUT2D eigenvalue weighted by molar-refractivity contribution is 7.98. The minimum atomic E-state index is 0. The van der Waals surface area contributed by atoms with Crippen LogP contribution in [0, 0.1) is 24.7 Å². The Bertz CT molecular complexity index is 549. The molecule has 2 bridgehead atoms. The van der Waals surface area contributed by atoms with Crippen molar-refractivity contribution >= 4 is 30.1 Å². The molecule has 3 nitrogen and oxygen atoms in total. The van der Waals surface area contributed by atoms with E-state index in [-0.39, 0.29) is 30.3 Å². The Kier molecular flexibility index (Phi) is 5.81. The largest absolute Gasteiger partial charge is 0.352 e. The van der Waals surface area contributed by atoms with Crippen LogP contribution < -0.4 is 11.1 Å². The van der Waals surface area contributed by atoms with Crippen LogP contribution in [0.2, 0.25) is 0 Å². The Balaban J connectivity index is 0.00000176. The van der Waals surface area contributed by atoms with E-state index < -0.39 is 0 Å². The number of thioether (sulfide) groups is 1. The van der Waals surface area contributed by atoms with Gasteiger partial charge in [0.1, 0.15) is 0 Å². The second-order valence-electron chi connectivity index (χ2n) is 6.47. The van der Waals surface area contributed by atoms with Crippen molar-refractivity contribution in [1.82, 2.24) is 5.32 Å². The van der Waals surface area contributed by atoms with Gasteiger partial charge in [-0.1, -0.05) is 12.1 Å². The average molecular weight is 341 g/mol. The number of hydrogen-bond acceptors (Lipinski definition) is 3. The van der Waals surface area contributed by atoms with E-state index in [4.69, 9.17) is 5.73 Å². The summed E-state index contributed by atoms with van der Waals surface area (Å²) in [7, 11) is 0. The number of carbonyl (C=O) groups is 1. The molecule has 0 aromatic heterocycles. The molecule has 0 saturated heterocycles. The molecule has 2 aliphatic rings. The molecular formula is C17H25ClN2OS. The molecule has 1 aromatic carbocycles. The van der Waals surface area contributed by atoms with Crippen molar-refractivity contribution in [2.24, 2.45) is 23.5 Å². The quantitative estimate of drug-likeness (QED) is 0.828. The van der Waals surface area contributed by atoms with Gasteiger partial charge in [0.2, 0.25) is 5.91 Å². The molecule has 3 rings (SSSR count). The molecule has 2 saturated carbocycles. The number of fused-ring (bicyclic) bond motifs is 2. The summed E-state index contributed by atoms with van der Waals surface area (Å²) in [5.74, 6) is 1.28. The van der Waals surface area contributed by atoms with Crippen LogP contribution in [-0.2, 0) is 11.3 Å². The van der Waals surface area contributed by atoms with Crippen LogP contribution >= 0.6 is 24.2 Å². The van der Waals surface area contributed by atoms with E-state index in [1.165, 1.54) is 28.9 Å². The lowest BCUT2D eigenvalue weighted by molar-refractivity contribution is -0.127. The van der Waals surface area contributed by atoms with Crippen LogP contribution in [0.1, 0.15) is 30.4 Å². The zero-order valence-electron chi connectivity index (χ0n) is 13.2. The fourth-order valence-corrected chi connectivity index (χ4v) is 4.73. The smallest absolute Gasteiger partial charge is 0.225 e. The van der Waals surface area contributed by atoms with Gasteiger partial charge in [0.15, 0.2) is 0 Å². The minimum Gasteiger partial charge on any atom is -0.352 e. The summed E-state index contributed by atoms with van der Waals surface area (Å²) in [6.45, 7) is 2.70. The summed E-state index contributed by atoms with van der Waals surface area (Å²) in [6, 6.07) is 6.46. The van der Waals surface area contributed by atoms with Crippen molar-refractivity contribution in [3.8, 4) is 0 Å². The van der Waals surface area contributed by atoms with Gasteiger partial charge in [-0.25, -0.2) is 0 Å². The summed E-state index contributed by atoms with van der Waals surface area (Å²) in [5.41, 5.74) is 8.69. The summed E-state index contributed by atoms with van der Waals surface area (Å²) in [4.78, 5) is 13.7. The van der Waals surface area contributed by atoms with Crippen LogP contribution in [0.3, 0.4) is 0 Å². The molecule has 0 heterocycles. The molecule has 4 unspecified atom stereocenters. The molecule has 1 aromatic rings. The molecule has 2 aliphatic carbocycles. The van der Waals surface area contributed by atoms with Crippen molar-refractivity contribution in [3.63, 3.8) is 0 Å². The Morgan fingerprint density at radius 2 is 2.09 bits per heavy atom. The van der Waals surface area contributed by atoms with E-state index in [0.29, 0.717) is 18.4 Å². The summed E-state index contributed by atoms with van der Waals surface area (Å²) < 4.78 is 0. The van der Waals surface area contributed by atoms with Crippen molar-refractivity contribution in [3.05, 3.63) is 29.3 Å². The van der Waals surface area contributed by atoms with Crippen molar-refractivity contribution in [2.75, 3.05) is 6.26 Å². The van der Waals surface area contributed by atoms with Crippen LogP contribution in [-0.4, -0.2) is 18.2 Å². The summed E-state index contributed by atoms with van der Waals surface area (Å²) in [6.07, 6.45) is 5.62. The van der Waals surface area contributed by atoms with E-state index in [0.717, 1.165) is 6.42 Å². The summed E-state index contributed by atoms with van der Waals surface area (Å²) >= 11 is 1.73. The molecule has 1 amide bonds. The van der Waals surface area contributed by atoms with Gasteiger partial charge in [-0.05, 0) is 61.5 Å². The first-order valence-corrected chi connectivity index (χ1v) is 8.99. The van der Waals surface area contributed by atoms with Gasteiger partial charge in [0.25, 0.3) is 0 Å². The average Bonchev–Trinajstić information content (AvgIpc) is 3.06. The standard InChI is InChI=1S/C17H24N2OS.ClH/c1-10-3-4-13(14(7-10)21-2)9-19-17(20)15-11-5-6-12(8-11)16(15)18;/h3-4,7,11-12,15-16H,5-6,8-9,18H2,1-2H3,(H,19,20);1H. The predicted molar refractivity (Wildman–Crippen MR) is 94.4 cm³/mol. The number of hydrogen-bond donors (Lipinski definition) is 2. The molecular weight excluding hydrogens is 316 g/mol. The second kappa shape index (κ2) is 7.24. The maximum Gasteiger partial charge on any atom is 0.225 e. The van der Waals surface area contributed by atoms with Gasteiger partial charge in [-0.15, -0.1) is 24.2 Å². The lowest BCUT2D eigenvalue weighted by Crippen LogP contribution is -2.45. The van der Waals surface area contributed by atoms with E-state index in [1.54, 1.807) is 11.8 Å². The lowest BCUT2D eigenvalue weighted by Gasteiger charge is -2.27. The van der Waals surface area contributed by atoms with Crippen molar-refractivity contribution in [2.45, 2.75) is 43.7 Å². The fraction of sp³-hybridized carbons (Fsp3) is 0.588. The molecule has 5 heteroatoms. The first-order chi connectivity index (χ1) is 10.1. The van der Waals surface area contributed by atoms with E-state index in [1.807, 2.05) is 0 Å². The first-order valence-electron chi connectivity index (χ1n) is 7.77. The van der Waals surface area contributed by atoms with Gasteiger partial charge in [0.05, 0.1) is 5.92 Å². The maximum absolute atomic E-state index is 12.5. The maximum atomic E-state index is 12.5. The molecule has 2 fully saturated rings. The van der Waals surface area contributed by atoms with Gasteiger partial charge < -0.3 is 11.1 Å². The van der Waals surface area contributed by atoms with Crippen LogP contribution in [0.15, 0.2) is 23.1 Å². The second-order valence-corrected chi connectivity index (χ2v) is 7.32. The first kappa shape index (κ1) is 17.6. The van der Waals surface area contributed by atoms with Crippen LogP contribution in [0.25, 0.3) is 0 Å². The Labute approximate surface area is 143 Å². The highest BCUT2D eigenvalue weighted by Crippen LogP contribution is 2.47. The minimum absolute atomic E-state index is 0. The van der Waals surface area contributed by atoms with Crippen molar-refractivity contribution < 1.29 is 4.79 Å². The van der Waals surface area contributed by atoms with Gasteiger partial charge in [0, 0.05) is 17.5 Å². The van der Waals surface area contributed by atoms with Crippen LogP contribution in [0.4, 0.5) is 0 Å². The number of aryl methyl sites for hydroxylation is 1. The fourth-order valence-electron chi connectivity index (χ4n) is 4.02. The highest BCUT2D eigenvalue weighted by atomic mass is 35.5. The predicted octanol–water partition coefficient (Wildman–Crippen LogP) is 3.13. The number of benzene rings is 1. The number of nitrogens with one attached hydrogen (secondary N) is 1. The third-order valence-electron chi connectivity index (χ3n) is 5.18. The SMILES string of the molecule is CSc1cc(C)ccc1CNC(=O)C1C2CCC(C2)C1N.Cl. The van der Waals surface area contributed by atoms with Crippen molar-refractivity contribution in [1.29, 1.82) is 0 Å². The zero-order chi connectivity index (χ0) is 15.0. The van der Waals surface area contributed by atoms with E-state index in [2.05, 4.69) is 36.7 Å². The number of amides is 1. The summed E-state index contributed by atoms with van der Waals surface area (Å²) in [5, 5.41) is 3.12. The normalized spacial score (nSPS) is 29.2. The number of nitrogens with two attached hydrogens (primary N) is 1. The molecule has 0 spiro atoms. The third-order valence-corrected chi connectivity index (χ3v) is 6.00. The molecule has 0 aliphatic heterocycles. The van der Waals surface area contributed by atoms with Gasteiger partial charge in [-0.3, -0.25) is 4.79 Å². The molecule has 22 heavy (non-hydrogen) atoms. The van der Waals surface area contributed by atoms with E-state index in [9.17, 15) is 4.79 Å². The Hall–Kier alpha value is -0.710. The monoisotopic (exact) mass is 340 g/mol. The van der Waals surface area contributed by atoms with E-state index >= 15 is 0 Å². The topological polar surface area (TPSA) is 55.1 Å². The Morgan fingerprint density at radius 1 is 1.36 bits per heavy atom. The van der Waals surface area contributed by atoms with Gasteiger partial charge >= 0.3 is 0 Å². The number of carbonyl (C=O) groups excluding carboxylic acids is 1. The van der Waals surface area contributed by atoms with Crippen LogP contribution in [0.5, 0.6) is 0 Å². The Morgan fingerprint density at radius 3 is 2.73 bits per heavy atom. The molecule has 122 valence electrons. The molecule has 4 atom stereocenters. The highest BCUT2D eigenvalue weighted by Gasteiger charge is 2.48.